The molecule has 0 spiro atoms. The Morgan fingerprint density at radius 2 is 1.89 bits per heavy atom. The van der Waals surface area contributed by atoms with E-state index in [2.05, 4.69) is 54.9 Å². The molecule has 9 heteroatoms. The average molecular weight is 502 g/mol. The predicted octanol–water partition coefficient (Wildman–Crippen LogP) is 3.97. The zero-order valence-corrected chi connectivity index (χ0v) is 21.9. The van der Waals surface area contributed by atoms with Crippen LogP contribution in [0.15, 0.2) is 55.4 Å². The second kappa shape index (κ2) is 10.7. The number of pyridine rings is 1. The number of aliphatic hydroxyl groups is 1. The van der Waals surface area contributed by atoms with Gasteiger partial charge >= 0.3 is 0 Å². The van der Waals surface area contributed by atoms with Crippen molar-refractivity contribution in [1.29, 1.82) is 0 Å². The van der Waals surface area contributed by atoms with Gasteiger partial charge in [-0.25, -0.2) is 4.98 Å². The first-order valence-corrected chi connectivity index (χ1v) is 12.4. The van der Waals surface area contributed by atoms with E-state index < -0.39 is 11.0 Å². The van der Waals surface area contributed by atoms with Crippen molar-refractivity contribution in [2.24, 2.45) is 0 Å². The lowest BCUT2D eigenvalue weighted by molar-refractivity contribution is 0.00780. The van der Waals surface area contributed by atoms with Gasteiger partial charge in [0.25, 0.3) is 5.91 Å². The van der Waals surface area contributed by atoms with Gasteiger partial charge in [-0.2, -0.15) is 4.98 Å². The van der Waals surface area contributed by atoms with Crippen LogP contribution in [-0.4, -0.2) is 44.7 Å². The molecule has 0 bridgehead atoms. The van der Waals surface area contributed by atoms with Crippen LogP contribution in [0.2, 0.25) is 0 Å². The van der Waals surface area contributed by atoms with Gasteiger partial charge in [-0.05, 0) is 62.2 Å². The molecule has 37 heavy (non-hydrogen) atoms. The highest BCUT2D eigenvalue weighted by molar-refractivity contribution is 5.99. The second-order valence-corrected chi connectivity index (χ2v) is 10.2. The zero-order chi connectivity index (χ0) is 26.6. The van der Waals surface area contributed by atoms with Crippen molar-refractivity contribution < 1.29 is 9.90 Å². The molecule has 4 rings (SSSR count). The summed E-state index contributed by atoms with van der Waals surface area (Å²) in [5.74, 6) is 0.384. The number of hydrogen-bond donors (Lipinski definition) is 5. The Kier molecular flexibility index (Phi) is 7.56. The number of nitrogens with one attached hydrogen (secondary N) is 4. The van der Waals surface area contributed by atoms with Crippen LogP contribution >= 0.6 is 0 Å². The Hall–Kier alpha value is -3.82. The molecule has 3 heterocycles. The van der Waals surface area contributed by atoms with Gasteiger partial charge in [0.05, 0.1) is 11.3 Å². The Labute approximate surface area is 217 Å². The molecule has 1 aliphatic rings. The molecule has 3 aromatic rings. The maximum atomic E-state index is 12.9. The van der Waals surface area contributed by atoms with Crippen molar-refractivity contribution in [3.05, 3.63) is 77.8 Å². The molecule has 0 radical (unpaired) electrons. The third-order valence-electron chi connectivity index (χ3n) is 6.98. The number of hydrogen-bond acceptors (Lipinski definition) is 8. The fourth-order valence-electron chi connectivity index (χ4n) is 3.95. The van der Waals surface area contributed by atoms with E-state index in [0.717, 1.165) is 25.2 Å². The number of aromatic nitrogens is 3. The van der Waals surface area contributed by atoms with Crippen LogP contribution in [0.4, 0.5) is 23.1 Å². The molecule has 0 saturated heterocycles. The van der Waals surface area contributed by atoms with Crippen LogP contribution in [0.1, 0.15) is 54.9 Å². The van der Waals surface area contributed by atoms with Crippen LogP contribution in [-0.2, 0) is 18.4 Å². The van der Waals surface area contributed by atoms with Crippen LogP contribution in [0.3, 0.4) is 0 Å². The van der Waals surface area contributed by atoms with Crippen LogP contribution in [0.5, 0.6) is 0 Å². The summed E-state index contributed by atoms with van der Waals surface area (Å²) in [5.41, 5.74) is 3.53. The molecule has 1 amide bonds. The first-order chi connectivity index (χ1) is 17.6. The lowest BCUT2D eigenvalue weighted by atomic mass is 9.74. The fraction of sp³-hybridized carbons (Fsp3) is 0.357. The van der Waals surface area contributed by atoms with Gasteiger partial charge in [0.1, 0.15) is 11.4 Å². The topological polar surface area (TPSA) is 124 Å². The number of carbonyl (C=O) groups excluding carboxylic acids is 1. The molecule has 0 aliphatic carbocycles. The highest BCUT2D eigenvalue weighted by Crippen LogP contribution is 2.35. The normalized spacial score (nSPS) is 13.4. The molecule has 1 aromatic carbocycles. The van der Waals surface area contributed by atoms with Gasteiger partial charge in [0.15, 0.2) is 0 Å². The van der Waals surface area contributed by atoms with Crippen molar-refractivity contribution in [1.82, 2.24) is 25.6 Å². The van der Waals surface area contributed by atoms with Gasteiger partial charge in [-0.15, -0.1) is 6.58 Å². The molecule has 9 nitrogen and oxygen atoms in total. The summed E-state index contributed by atoms with van der Waals surface area (Å²) in [6, 6.07) is 9.88. The van der Waals surface area contributed by atoms with E-state index in [4.69, 9.17) is 0 Å². The largest absolute Gasteiger partial charge is 0.390 e. The van der Waals surface area contributed by atoms with E-state index in [1.54, 1.807) is 32.2 Å². The number of amides is 1. The summed E-state index contributed by atoms with van der Waals surface area (Å²) in [5, 5.41) is 23.4. The summed E-state index contributed by atoms with van der Waals surface area (Å²) >= 11 is 0. The van der Waals surface area contributed by atoms with E-state index in [-0.39, 0.29) is 5.91 Å². The Bertz CT molecular complexity index is 1300. The van der Waals surface area contributed by atoms with E-state index in [1.807, 2.05) is 26.0 Å². The smallest absolute Gasteiger partial charge is 0.256 e. The second-order valence-electron chi connectivity index (χ2n) is 10.2. The average Bonchev–Trinajstić information content (AvgIpc) is 2.87. The minimum absolute atomic E-state index is 0.294. The van der Waals surface area contributed by atoms with Crippen molar-refractivity contribution in [2.75, 3.05) is 23.7 Å². The lowest BCUT2D eigenvalue weighted by Crippen LogP contribution is -2.43. The van der Waals surface area contributed by atoms with Crippen LogP contribution in [0.25, 0.3) is 0 Å². The molecule has 0 fully saturated rings. The van der Waals surface area contributed by atoms with Gasteiger partial charge in [-0.3, -0.25) is 9.78 Å². The summed E-state index contributed by atoms with van der Waals surface area (Å²) in [7, 11) is 0. The summed E-state index contributed by atoms with van der Waals surface area (Å²) in [4.78, 5) is 26.4. The number of nitrogens with zero attached hydrogens (tertiary/aromatic N) is 3. The van der Waals surface area contributed by atoms with Crippen LogP contribution in [0, 0.1) is 0 Å². The summed E-state index contributed by atoms with van der Waals surface area (Å²) < 4.78 is 0. The number of carbonyl (C=O) groups is 1. The predicted molar refractivity (Wildman–Crippen MR) is 147 cm³/mol. The zero-order valence-electron chi connectivity index (χ0n) is 21.9. The van der Waals surface area contributed by atoms with Crippen molar-refractivity contribution in [3.63, 3.8) is 0 Å². The number of benzene rings is 1. The Balaban J connectivity index is 1.66. The highest BCUT2D eigenvalue weighted by Gasteiger charge is 2.38. The molecule has 1 aliphatic heterocycles. The van der Waals surface area contributed by atoms with Crippen molar-refractivity contribution in [2.45, 2.75) is 51.7 Å². The molecule has 0 atom stereocenters. The Morgan fingerprint density at radius 3 is 2.65 bits per heavy atom. The van der Waals surface area contributed by atoms with E-state index >= 15 is 0 Å². The van der Waals surface area contributed by atoms with E-state index in [0.29, 0.717) is 35.3 Å². The summed E-state index contributed by atoms with van der Waals surface area (Å²) in [6.45, 7) is 13.2. The van der Waals surface area contributed by atoms with Crippen molar-refractivity contribution in [3.8, 4) is 0 Å². The molecule has 0 unspecified atom stereocenters. The number of rotatable bonds is 9. The van der Waals surface area contributed by atoms with Crippen molar-refractivity contribution >= 4 is 29.0 Å². The minimum Gasteiger partial charge on any atom is -0.390 e. The molecule has 2 aromatic heterocycles. The third kappa shape index (κ3) is 5.95. The maximum absolute atomic E-state index is 12.9. The standard InChI is InChI=1S/C28H35N7O2/c1-6-11-31-25(36)22-17-32-26(34-20-8-7-18-9-12-29-16-19(18)14-20)35-24(22)33-21-10-13-30-23(15-21)27(2,3)28(4,5)37/h6-8,10,13-15,17,29,37H,1,9,11-12,16H2,2-5H3,(H,31,36)(H2,30,32,33,34,35). The molecular formula is C28H35N7O2. The molecular weight excluding hydrogens is 466 g/mol. The summed E-state index contributed by atoms with van der Waals surface area (Å²) in [6.07, 6.45) is 5.79. The maximum Gasteiger partial charge on any atom is 0.256 e. The van der Waals surface area contributed by atoms with Gasteiger partial charge < -0.3 is 26.4 Å². The minimum atomic E-state index is -0.995. The lowest BCUT2D eigenvalue weighted by Gasteiger charge is -2.36. The first-order valence-electron chi connectivity index (χ1n) is 12.4. The van der Waals surface area contributed by atoms with Gasteiger partial charge in [0, 0.05) is 42.3 Å². The SMILES string of the molecule is C=CCNC(=O)c1cnc(Nc2ccc3c(c2)CNCC3)nc1Nc1ccnc(C(C)(C)C(C)(C)O)c1. The quantitative estimate of drug-likeness (QED) is 0.279. The highest BCUT2D eigenvalue weighted by atomic mass is 16.3. The molecule has 0 saturated carbocycles. The monoisotopic (exact) mass is 501 g/mol. The third-order valence-corrected chi connectivity index (χ3v) is 6.98. The Morgan fingerprint density at radius 1 is 1.11 bits per heavy atom. The number of fused-ring (bicyclic) bond motifs is 1. The van der Waals surface area contributed by atoms with E-state index in [1.165, 1.54) is 17.3 Å². The number of anilines is 4. The van der Waals surface area contributed by atoms with E-state index in [9.17, 15) is 9.90 Å². The fourth-order valence-corrected chi connectivity index (χ4v) is 3.95. The molecule has 5 N–H and O–H groups in total. The first kappa shape index (κ1) is 26.2. The van der Waals surface area contributed by atoms with Gasteiger partial charge in [0.2, 0.25) is 5.95 Å². The van der Waals surface area contributed by atoms with Gasteiger partial charge in [-0.1, -0.05) is 26.0 Å². The van der Waals surface area contributed by atoms with Crippen LogP contribution < -0.4 is 21.3 Å². The molecule has 194 valence electrons.